The van der Waals surface area contributed by atoms with E-state index in [0.29, 0.717) is 24.5 Å². The van der Waals surface area contributed by atoms with Crippen molar-refractivity contribution in [3.63, 3.8) is 0 Å². The molecule has 0 aromatic heterocycles. The van der Waals surface area contributed by atoms with Gasteiger partial charge >= 0.3 is 6.09 Å². The summed E-state index contributed by atoms with van der Waals surface area (Å²) in [5.41, 5.74) is 1.50. The average molecular weight is 324 g/mol. The number of nitrogens with zero attached hydrogens (tertiary/aromatic N) is 4. The monoisotopic (exact) mass is 324 g/mol. The van der Waals surface area contributed by atoms with Crippen LogP contribution in [0.1, 0.15) is 0 Å². The lowest BCUT2D eigenvalue weighted by Crippen LogP contribution is -2.48. The summed E-state index contributed by atoms with van der Waals surface area (Å²) in [5.74, 6) is 0.512. The summed E-state index contributed by atoms with van der Waals surface area (Å²) < 4.78 is 5.40. The van der Waals surface area contributed by atoms with E-state index in [1.807, 2.05) is 37.4 Å². The SMILES string of the molecule is CN1CCN(C(=O)Oc2ccc(N=Nc3ccccc3)cc2)CC1. The zero-order chi connectivity index (χ0) is 16.8. The number of carbonyl (C=O) groups excluding carboxylic acids is 1. The summed E-state index contributed by atoms with van der Waals surface area (Å²) in [7, 11) is 2.05. The van der Waals surface area contributed by atoms with Crippen LogP contribution in [0.2, 0.25) is 0 Å². The largest absolute Gasteiger partial charge is 0.415 e. The number of benzene rings is 2. The van der Waals surface area contributed by atoms with Gasteiger partial charge in [-0.05, 0) is 43.4 Å². The van der Waals surface area contributed by atoms with E-state index in [1.54, 1.807) is 29.2 Å². The molecule has 0 spiro atoms. The molecule has 0 saturated carbocycles. The van der Waals surface area contributed by atoms with E-state index in [-0.39, 0.29) is 6.09 Å². The summed E-state index contributed by atoms with van der Waals surface area (Å²) in [6.45, 7) is 3.12. The average Bonchev–Trinajstić information content (AvgIpc) is 2.62. The van der Waals surface area contributed by atoms with Gasteiger partial charge in [0.15, 0.2) is 0 Å². The summed E-state index contributed by atoms with van der Waals surface area (Å²) >= 11 is 0. The maximum absolute atomic E-state index is 12.1. The molecule has 1 aliphatic rings. The summed E-state index contributed by atoms with van der Waals surface area (Å²) in [5, 5.41) is 8.32. The molecule has 0 radical (unpaired) electrons. The number of hydrogen-bond donors (Lipinski definition) is 0. The predicted octanol–water partition coefficient (Wildman–Crippen LogP) is 3.85. The highest BCUT2D eigenvalue weighted by molar-refractivity contribution is 5.71. The Balaban J connectivity index is 1.56. The number of ether oxygens (including phenoxy) is 1. The number of likely N-dealkylation sites (N-methyl/N-ethyl adjacent to an activating group) is 1. The first-order chi connectivity index (χ1) is 11.7. The highest BCUT2D eigenvalue weighted by atomic mass is 16.6. The fraction of sp³-hybridized carbons (Fsp3) is 0.278. The molecule has 0 bridgehead atoms. The third-order valence-electron chi connectivity index (χ3n) is 3.84. The summed E-state index contributed by atoms with van der Waals surface area (Å²) in [4.78, 5) is 16.0. The van der Waals surface area contributed by atoms with E-state index < -0.39 is 0 Å². The van der Waals surface area contributed by atoms with Crippen molar-refractivity contribution in [1.29, 1.82) is 0 Å². The van der Waals surface area contributed by atoms with Crippen LogP contribution in [0.4, 0.5) is 16.2 Å². The smallest absolute Gasteiger partial charge is 0.410 e. The van der Waals surface area contributed by atoms with Gasteiger partial charge in [-0.25, -0.2) is 4.79 Å². The fourth-order valence-corrected chi connectivity index (χ4v) is 2.35. The van der Waals surface area contributed by atoms with Gasteiger partial charge in [-0.15, -0.1) is 0 Å². The van der Waals surface area contributed by atoms with Gasteiger partial charge in [0.05, 0.1) is 11.4 Å². The molecule has 0 atom stereocenters. The molecular weight excluding hydrogens is 304 g/mol. The van der Waals surface area contributed by atoms with Crippen molar-refractivity contribution in [2.75, 3.05) is 33.2 Å². The van der Waals surface area contributed by atoms with E-state index >= 15 is 0 Å². The maximum atomic E-state index is 12.1. The molecule has 24 heavy (non-hydrogen) atoms. The van der Waals surface area contributed by atoms with Crippen LogP contribution in [0.25, 0.3) is 0 Å². The number of amides is 1. The molecule has 0 aliphatic carbocycles. The van der Waals surface area contributed by atoms with Crippen molar-refractivity contribution in [3.05, 3.63) is 54.6 Å². The Hall–Kier alpha value is -2.73. The lowest BCUT2D eigenvalue weighted by Gasteiger charge is -2.31. The van der Waals surface area contributed by atoms with Gasteiger partial charge in [-0.1, -0.05) is 18.2 Å². The van der Waals surface area contributed by atoms with Gasteiger partial charge in [-0.2, -0.15) is 10.2 Å². The lowest BCUT2D eigenvalue weighted by molar-refractivity contribution is 0.120. The Morgan fingerprint density at radius 1 is 0.875 bits per heavy atom. The first-order valence-electron chi connectivity index (χ1n) is 7.93. The van der Waals surface area contributed by atoms with Crippen molar-refractivity contribution in [1.82, 2.24) is 9.80 Å². The third kappa shape index (κ3) is 4.39. The Bertz CT molecular complexity index is 693. The quantitative estimate of drug-likeness (QED) is 0.806. The topological polar surface area (TPSA) is 57.5 Å². The predicted molar refractivity (Wildman–Crippen MR) is 92.2 cm³/mol. The molecule has 3 rings (SSSR count). The molecule has 1 aliphatic heterocycles. The van der Waals surface area contributed by atoms with E-state index in [4.69, 9.17) is 4.74 Å². The van der Waals surface area contributed by atoms with Crippen LogP contribution < -0.4 is 4.74 Å². The molecule has 0 unspecified atom stereocenters. The van der Waals surface area contributed by atoms with E-state index in [0.717, 1.165) is 18.8 Å². The lowest BCUT2D eigenvalue weighted by atomic mass is 10.3. The molecule has 6 heteroatoms. The first-order valence-corrected chi connectivity index (χ1v) is 7.93. The van der Waals surface area contributed by atoms with Gasteiger partial charge < -0.3 is 14.5 Å². The van der Waals surface area contributed by atoms with Crippen molar-refractivity contribution < 1.29 is 9.53 Å². The van der Waals surface area contributed by atoms with E-state index in [9.17, 15) is 4.79 Å². The number of azo groups is 1. The molecule has 6 nitrogen and oxygen atoms in total. The van der Waals surface area contributed by atoms with Crippen molar-refractivity contribution in [2.24, 2.45) is 10.2 Å². The number of rotatable bonds is 3. The fourth-order valence-electron chi connectivity index (χ4n) is 2.35. The van der Waals surface area contributed by atoms with Gasteiger partial charge in [0.1, 0.15) is 5.75 Å². The molecule has 1 heterocycles. The van der Waals surface area contributed by atoms with Crippen LogP contribution in [-0.2, 0) is 0 Å². The highest BCUT2D eigenvalue weighted by Crippen LogP contribution is 2.21. The van der Waals surface area contributed by atoms with Crippen LogP contribution >= 0.6 is 0 Å². The number of hydrogen-bond acceptors (Lipinski definition) is 5. The molecule has 1 amide bonds. The van der Waals surface area contributed by atoms with Gasteiger partial charge in [0, 0.05) is 26.2 Å². The number of piperazine rings is 1. The molecule has 2 aromatic carbocycles. The zero-order valence-electron chi connectivity index (χ0n) is 13.6. The summed E-state index contributed by atoms with van der Waals surface area (Å²) in [6.07, 6.45) is -0.304. The molecular formula is C18H20N4O2. The minimum Gasteiger partial charge on any atom is -0.410 e. The second kappa shape index (κ2) is 7.70. The van der Waals surface area contributed by atoms with E-state index in [1.165, 1.54) is 0 Å². The standard InChI is InChI=1S/C18H20N4O2/c1-21-11-13-22(14-12-21)18(23)24-17-9-7-16(8-10-17)20-19-15-5-3-2-4-6-15/h2-10H,11-14H2,1H3. The van der Waals surface area contributed by atoms with Crippen molar-refractivity contribution in [3.8, 4) is 5.75 Å². The van der Waals surface area contributed by atoms with Gasteiger partial charge in [0.25, 0.3) is 0 Å². The van der Waals surface area contributed by atoms with Crippen LogP contribution in [0.3, 0.4) is 0 Å². The van der Waals surface area contributed by atoms with Crippen LogP contribution in [0, 0.1) is 0 Å². The third-order valence-corrected chi connectivity index (χ3v) is 3.84. The molecule has 2 aromatic rings. The van der Waals surface area contributed by atoms with Crippen molar-refractivity contribution in [2.45, 2.75) is 0 Å². The molecule has 1 fully saturated rings. The number of carbonyl (C=O) groups is 1. The normalized spacial score (nSPS) is 15.6. The van der Waals surface area contributed by atoms with Crippen LogP contribution in [-0.4, -0.2) is 49.1 Å². The van der Waals surface area contributed by atoms with Crippen molar-refractivity contribution >= 4 is 17.5 Å². The second-order valence-corrected chi connectivity index (χ2v) is 5.69. The van der Waals surface area contributed by atoms with Gasteiger partial charge in [0.2, 0.25) is 0 Å². The highest BCUT2D eigenvalue weighted by Gasteiger charge is 2.20. The maximum Gasteiger partial charge on any atom is 0.415 e. The Labute approximate surface area is 141 Å². The van der Waals surface area contributed by atoms with E-state index in [2.05, 4.69) is 15.1 Å². The first kappa shape index (κ1) is 16.1. The minimum absolute atomic E-state index is 0.304. The van der Waals surface area contributed by atoms with Crippen LogP contribution in [0.15, 0.2) is 64.8 Å². The molecule has 124 valence electrons. The van der Waals surface area contributed by atoms with Crippen LogP contribution in [0.5, 0.6) is 5.75 Å². The molecule has 1 saturated heterocycles. The summed E-state index contributed by atoms with van der Waals surface area (Å²) in [6, 6.07) is 16.5. The zero-order valence-corrected chi connectivity index (χ0v) is 13.6. The Morgan fingerprint density at radius 3 is 2.08 bits per heavy atom. The molecule has 0 N–H and O–H groups in total. The second-order valence-electron chi connectivity index (χ2n) is 5.69. The Morgan fingerprint density at radius 2 is 1.46 bits per heavy atom. The Kier molecular flexibility index (Phi) is 5.18. The van der Waals surface area contributed by atoms with Gasteiger partial charge in [-0.3, -0.25) is 0 Å². The minimum atomic E-state index is -0.304.